The van der Waals surface area contributed by atoms with E-state index < -0.39 is 11.7 Å². The number of hydrogen-bond donors (Lipinski definition) is 2. The molecule has 1 atom stereocenters. The van der Waals surface area contributed by atoms with E-state index in [1.54, 1.807) is 13.1 Å². The Morgan fingerprint density at radius 1 is 1.25 bits per heavy atom. The molecule has 0 saturated carbocycles. The van der Waals surface area contributed by atoms with Gasteiger partial charge in [-0.05, 0) is 42.9 Å². The summed E-state index contributed by atoms with van der Waals surface area (Å²) in [6.45, 7) is 2.18. The lowest BCUT2D eigenvalue weighted by Gasteiger charge is -2.18. The number of benzene rings is 1. The molecule has 0 radical (unpaired) electrons. The summed E-state index contributed by atoms with van der Waals surface area (Å²) in [5.74, 6) is -0.772. The van der Waals surface area contributed by atoms with Crippen LogP contribution >= 0.6 is 11.3 Å². The van der Waals surface area contributed by atoms with Gasteiger partial charge in [0.15, 0.2) is 0 Å². The van der Waals surface area contributed by atoms with Gasteiger partial charge in [-0.1, -0.05) is 19.1 Å². The molecule has 0 spiro atoms. The van der Waals surface area contributed by atoms with Gasteiger partial charge in [0, 0.05) is 11.9 Å². The van der Waals surface area contributed by atoms with E-state index in [0.29, 0.717) is 16.5 Å². The third-order valence-corrected chi connectivity index (χ3v) is 5.48. The molecular formula is C18H19FN2O2S. The van der Waals surface area contributed by atoms with Gasteiger partial charge in [0.25, 0.3) is 11.8 Å². The van der Waals surface area contributed by atoms with Crippen LogP contribution in [-0.2, 0) is 12.8 Å². The van der Waals surface area contributed by atoms with E-state index in [0.717, 1.165) is 29.7 Å². The lowest BCUT2D eigenvalue weighted by Crippen LogP contribution is -2.23. The fourth-order valence-electron chi connectivity index (χ4n) is 3.02. The van der Waals surface area contributed by atoms with Gasteiger partial charge in [-0.2, -0.15) is 0 Å². The molecule has 0 bridgehead atoms. The Hall–Kier alpha value is -2.21. The molecule has 2 amide bonds. The Morgan fingerprint density at radius 3 is 2.71 bits per heavy atom. The summed E-state index contributed by atoms with van der Waals surface area (Å²) in [6.07, 6.45) is 2.75. The summed E-state index contributed by atoms with van der Waals surface area (Å²) >= 11 is 1.42. The summed E-state index contributed by atoms with van der Waals surface area (Å²) in [5.41, 5.74) is 1.51. The average Bonchev–Trinajstić information content (AvgIpc) is 2.91. The Bertz CT molecular complexity index is 800. The van der Waals surface area contributed by atoms with Gasteiger partial charge in [-0.15, -0.1) is 11.3 Å². The van der Waals surface area contributed by atoms with Crippen molar-refractivity contribution in [3.63, 3.8) is 0 Å². The number of amides is 2. The molecule has 1 aromatic heterocycles. The first kappa shape index (κ1) is 16.6. The molecule has 1 heterocycles. The molecule has 126 valence electrons. The lowest BCUT2D eigenvalue weighted by atomic mass is 9.88. The Labute approximate surface area is 144 Å². The number of anilines is 1. The van der Waals surface area contributed by atoms with Gasteiger partial charge in [-0.25, -0.2) is 4.39 Å². The van der Waals surface area contributed by atoms with E-state index in [1.165, 1.54) is 29.5 Å². The number of carbonyl (C=O) groups is 2. The van der Waals surface area contributed by atoms with Gasteiger partial charge in [0.1, 0.15) is 10.8 Å². The third kappa shape index (κ3) is 3.06. The molecule has 0 aliphatic heterocycles. The van der Waals surface area contributed by atoms with Crippen molar-refractivity contribution in [1.82, 2.24) is 5.32 Å². The van der Waals surface area contributed by atoms with E-state index in [4.69, 9.17) is 0 Å². The highest BCUT2D eigenvalue weighted by molar-refractivity contribution is 7.17. The monoisotopic (exact) mass is 346 g/mol. The first-order valence-corrected chi connectivity index (χ1v) is 8.75. The van der Waals surface area contributed by atoms with Crippen molar-refractivity contribution >= 4 is 28.2 Å². The van der Waals surface area contributed by atoms with Gasteiger partial charge in [-0.3, -0.25) is 9.59 Å². The normalized spacial score (nSPS) is 16.4. The van der Waals surface area contributed by atoms with Gasteiger partial charge in [0.2, 0.25) is 0 Å². The Morgan fingerprint density at radius 2 is 2.00 bits per heavy atom. The molecule has 1 aromatic carbocycles. The zero-order valence-electron chi connectivity index (χ0n) is 13.6. The number of hydrogen-bond acceptors (Lipinski definition) is 3. The van der Waals surface area contributed by atoms with E-state index in [2.05, 4.69) is 17.6 Å². The highest BCUT2D eigenvalue weighted by atomic mass is 32.1. The van der Waals surface area contributed by atoms with E-state index >= 15 is 0 Å². The maximum Gasteiger partial charge on any atom is 0.259 e. The summed E-state index contributed by atoms with van der Waals surface area (Å²) in [7, 11) is 1.57. The minimum atomic E-state index is -0.577. The number of halogens is 1. The molecule has 0 fully saturated rings. The lowest BCUT2D eigenvalue weighted by molar-refractivity contribution is 0.0963. The molecule has 2 N–H and O–H groups in total. The van der Waals surface area contributed by atoms with Gasteiger partial charge in [0.05, 0.1) is 11.1 Å². The summed E-state index contributed by atoms with van der Waals surface area (Å²) in [5, 5.41) is 5.87. The number of fused-ring (bicyclic) bond motifs is 1. The van der Waals surface area contributed by atoms with Crippen LogP contribution in [0.15, 0.2) is 24.3 Å². The zero-order chi connectivity index (χ0) is 17.3. The second-order valence-corrected chi connectivity index (χ2v) is 7.17. The third-order valence-electron chi connectivity index (χ3n) is 4.31. The molecule has 6 heteroatoms. The van der Waals surface area contributed by atoms with Crippen LogP contribution in [-0.4, -0.2) is 18.9 Å². The standard InChI is InChI=1S/C18H19FN2O2S/c1-10-7-8-12-14(9-10)24-18(15(12)17(23)20-2)21-16(22)11-5-3-4-6-13(11)19/h3-6,10H,7-9H2,1-2H3,(H,20,23)(H,21,22)/t10-/m0/s1. The van der Waals surface area contributed by atoms with E-state index in [-0.39, 0.29) is 11.5 Å². The fraction of sp³-hybridized carbons (Fsp3) is 0.333. The fourth-order valence-corrected chi connectivity index (χ4v) is 4.42. The summed E-state index contributed by atoms with van der Waals surface area (Å²) in [4.78, 5) is 25.8. The first-order valence-electron chi connectivity index (χ1n) is 7.93. The second-order valence-electron chi connectivity index (χ2n) is 6.07. The first-order chi connectivity index (χ1) is 11.5. The smallest absolute Gasteiger partial charge is 0.259 e. The maximum absolute atomic E-state index is 13.8. The largest absolute Gasteiger partial charge is 0.355 e. The molecule has 24 heavy (non-hydrogen) atoms. The molecular weight excluding hydrogens is 327 g/mol. The van der Waals surface area contributed by atoms with Crippen molar-refractivity contribution < 1.29 is 14.0 Å². The van der Waals surface area contributed by atoms with E-state index in [9.17, 15) is 14.0 Å². The number of thiophene rings is 1. The average molecular weight is 346 g/mol. The van der Waals surface area contributed by atoms with Crippen LogP contribution in [0.25, 0.3) is 0 Å². The van der Waals surface area contributed by atoms with Crippen LogP contribution in [0.3, 0.4) is 0 Å². The molecule has 2 aromatic rings. The topological polar surface area (TPSA) is 58.2 Å². The van der Waals surface area contributed by atoms with Crippen LogP contribution in [0.5, 0.6) is 0 Å². The SMILES string of the molecule is CNC(=O)c1c(NC(=O)c2ccccc2F)sc2c1CC[C@H](C)C2. The molecule has 1 aliphatic rings. The quantitative estimate of drug-likeness (QED) is 0.892. The molecule has 1 aliphatic carbocycles. The predicted molar refractivity (Wildman–Crippen MR) is 93.3 cm³/mol. The van der Waals surface area contributed by atoms with Crippen LogP contribution in [0.2, 0.25) is 0 Å². The van der Waals surface area contributed by atoms with E-state index in [1.807, 2.05) is 0 Å². The second kappa shape index (κ2) is 6.73. The predicted octanol–water partition coefficient (Wildman–Crippen LogP) is 3.62. The van der Waals surface area contributed by atoms with Crippen molar-refractivity contribution in [1.29, 1.82) is 0 Å². The molecule has 4 nitrogen and oxygen atoms in total. The van der Waals surface area contributed by atoms with Crippen LogP contribution < -0.4 is 10.6 Å². The maximum atomic E-state index is 13.8. The Kier molecular flexibility index (Phi) is 4.66. The highest BCUT2D eigenvalue weighted by Gasteiger charge is 2.28. The van der Waals surface area contributed by atoms with Crippen molar-refractivity contribution in [3.8, 4) is 0 Å². The zero-order valence-corrected chi connectivity index (χ0v) is 14.4. The molecule has 0 unspecified atom stereocenters. The summed E-state index contributed by atoms with van der Waals surface area (Å²) < 4.78 is 13.8. The van der Waals surface area contributed by atoms with Gasteiger partial charge < -0.3 is 10.6 Å². The van der Waals surface area contributed by atoms with Crippen LogP contribution in [0.1, 0.15) is 44.5 Å². The Balaban J connectivity index is 1.97. The van der Waals surface area contributed by atoms with Crippen molar-refractivity contribution in [2.45, 2.75) is 26.2 Å². The number of rotatable bonds is 3. The van der Waals surface area contributed by atoms with Crippen molar-refractivity contribution in [3.05, 3.63) is 51.7 Å². The minimum Gasteiger partial charge on any atom is -0.355 e. The van der Waals surface area contributed by atoms with Gasteiger partial charge >= 0.3 is 0 Å². The molecule has 0 saturated heterocycles. The minimum absolute atomic E-state index is 0.0277. The van der Waals surface area contributed by atoms with Crippen molar-refractivity contribution in [2.75, 3.05) is 12.4 Å². The number of nitrogens with one attached hydrogen (secondary N) is 2. The van der Waals surface area contributed by atoms with Crippen LogP contribution in [0.4, 0.5) is 9.39 Å². The molecule has 3 rings (SSSR count). The summed E-state index contributed by atoms with van der Waals surface area (Å²) in [6, 6.07) is 5.82. The highest BCUT2D eigenvalue weighted by Crippen LogP contribution is 2.39. The number of carbonyl (C=O) groups excluding carboxylic acids is 2. The van der Waals surface area contributed by atoms with Crippen LogP contribution in [0, 0.1) is 11.7 Å². The van der Waals surface area contributed by atoms with Crippen molar-refractivity contribution in [2.24, 2.45) is 5.92 Å².